The van der Waals surface area contributed by atoms with Gasteiger partial charge >= 0.3 is 0 Å². The quantitative estimate of drug-likeness (QED) is 0.707. The zero-order valence-corrected chi connectivity index (χ0v) is 12.8. The molecule has 0 radical (unpaired) electrons. The highest BCUT2D eigenvalue weighted by atomic mass is 32.1. The Kier molecular flexibility index (Phi) is 4.97. The Morgan fingerprint density at radius 1 is 1.43 bits per heavy atom. The van der Waals surface area contributed by atoms with Crippen LogP contribution in [-0.4, -0.2) is 61.1 Å². The lowest BCUT2D eigenvalue weighted by molar-refractivity contribution is -0.136. The Labute approximate surface area is 126 Å². The van der Waals surface area contributed by atoms with Crippen LogP contribution < -0.4 is 16.4 Å². The molecule has 1 fully saturated rings. The second-order valence-corrected chi connectivity index (χ2v) is 5.62. The predicted octanol–water partition coefficient (Wildman–Crippen LogP) is -0.256. The minimum atomic E-state index is -0.616. The molecular formula is C12H19N5O3S. The topological polar surface area (TPSA) is 110 Å². The fraction of sp³-hybridized carbons (Fsp3) is 0.583. The molecule has 4 N–H and O–H groups in total. The molecule has 0 saturated carbocycles. The van der Waals surface area contributed by atoms with Gasteiger partial charge in [0.25, 0.3) is 5.91 Å². The van der Waals surface area contributed by atoms with Crippen LogP contribution in [0.4, 0.5) is 10.9 Å². The maximum atomic E-state index is 12.2. The predicted molar refractivity (Wildman–Crippen MR) is 80.4 cm³/mol. The van der Waals surface area contributed by atoms with Gasteiger partial charge < -0.3 is 26.0 Å². The molecule has 2 rings (SSSR count). The minimum Gasteiger partial charge on any atom is -0.382 e. The van der Waals surface area contributed by atoms with Gasteiger partial charge in [0.15, 0.2) is 5.13 Å². The van der Waals surface area contributed by atoms with Crippen molar-refractivity contribution in [3.05, 3.63) is 4.88 Å². The highest BCUT2D eigenvalue weighted by Gasteiger charge is 2.25. The number of anilines is 2. The minimum absolute atomic E-state index is 0.122. The van der Waals surface area contributed by atoms with Crippen molar-refractivity contribution in [3.63, 3.8) is 0 Å². The monoisotopic (exact) mass is 313 g/mol. The number of hydrogen-bond donors (Lipinski definition) is 3. The first-order valence-electron chi connectivity index (χ1n) is 6.64. The van der Waals surface area contributed by atoms with E-state index in [0.717, 1.165) is 11.3 Å². The van der Waals surface area contributed by atoms with Gasteiger partial charge in [-0.3, -0.25) is 9.59 Å². The van der Waals surface area contributed by atoms with Crippen LogP contribution >= 0.6 is 11.3 Å². The molecule has 1 atom stereocenters. The summed E-state index contributed by atoms with van der Waals surface area (Å²) in [6.07, 6.45) is 0. The fourth-order valence-electron chi connectivity index (χ4n) is 1.98. The number of amides is 2. The third kappa shape index (κ3) is 3.61. The number of ether oxygens (including phenoxy) is 1. The molecule has 1 aliphatic heterocycles. The number of nitrogens with one attached hydrogen (secondary N) is 2. The number of nitrogen functional groups attached to an aromatic ring is 1. The van der Waals surface area contributed by atoms with Crippen molar-refractivity contribution in [3.8, 4) is 0 Å². The van der Waals surface area contributed by atoms with E-state index < -0.39 is 6.04 Å². The van der Waals surface area contributed by atoms with Crippen LogP contribution in [0.2, 0.25) is 0 Å². The van der Waals surface area contributed by atoms with E-state index in [4.69, 9.17) is 10.5 Å². The van der Waals surface area contributed by atoms with Crippen LogP contribution in [0.25, 0.3) is 0 Å². The van der Waals surface area contributed by atoms with Crippen molar-refractivity contribution in [2.75, 3.05) is 44.4 Å². The molecule has 1 aromatic rings. The lowest BCUT2D eigenvalue weighted by Crippen LogP contribution is -2.50. The Balaban J connectivity index is 1.97. The van der Waals surface area contributed by atoms with Crippen molar-refractivity contribution in [1.29, 1.82) is 0 Å². The van der Waals surface area contributed by atoms with Crippen molar-refractivity contribution in [1.82, 2.24) is 15.2 Å². The number of rotatable bonds is 4. The molecular weight excluding hydrogens is 294 g/mol. The average Bonchev–Trinajstić information content (AvgIpc) is 2.88. The van der Waals surface area contributed by atoms with Crippen molar-refractivity contribution in [2.45, 2.75) is 13.0 Å². The van der Waals surface area contributed by atoms with E-state index in [-0.39, 0.29) is 17.6 Å². The molecule has 2 amide bonds. The Bertz CT molecular complexity index is 527. The van der Waals surface area contributed by atoms with E-state index >= 15 is 0 Å². The van der Waals surface area contributed by atoms with Crippen LogP contribution in [0.3, 0.4) is 0 Å². The van der Waals surface area contributed by atoms with Gasteiger partial charge in [-0.2, -0.15) is 0 Å². The molecule has 0 aromatic carbocycles. The number of carbonyl (C=O) groups is 2. The number of aromatic nitrogens is 1. The van der Waals surface area contributed by atoms with E-state index in [9.17, 15) is 9.59 Å². The van der Waals surface area contributed by atoms with E-state index in [0.29, 0.717) is 36.3 Å². The first-order valence-corrected chi connectivity index (χ1v) is 7.46. The molecule has 8 nitrogen and oxygen atoms in total. The van der Waals surface area contributed by atoms with Crippen LogP contribution in [-0.2, 0) is 9.53 Å². The number of thiazole rings is 1. The third-order valence-electron chi connectivity index (χ3n) is 3.11. The Morgan fingerprint density at radius 3 is 2.67 bits per heavy atom. The summed E-state index contributed by atoms with van der Waals surface area (Å²) in [5.74, 6) is -0.350. The smallest absolute Gasteiger partial charge is 0.265 e. The lowest BCUT2D eigenvalue weighted by Gasteiger charge is -2.29. The average molecular weight is 313 g/mol. The summed E-state index contributed by atoms with van der Waals surface area (Å²) < 4.78 is 5.20. The van der Waals surface area contributed by atoms with Gasteiger partial charge in [-0.05, 0) is 6.92 Å². The summed E-state index contributed by atoms with van der Waals surface area (Å²) in [5.41, 5.74) is 5.70. The highest BCUT2D eigenvalue weighted by Crippen LogP contribution is 2.24. The molecule has 1 unspecified atom stereocenters. The van der Waals surface area contributed by atoms with Crippen molar-refractivity contribution >= 4 is 34.1 Å². The van der Waals surface area contributed by atoms with Crippen LogP contribution in [0.1, 0.15) is 16.6 Å². The van der Waals surface area contributed by atoms with E-state index in [1.165, 1.54) is 0 Å². The second-order valence-electron chi connectivity index (χ2n) is 4.62. The maximum absolute atomic E-state index is 12.2. The summed E-state index contributed by atoms with van der Waals surface area (Å²) in [4.78, 5) is 30.4. The molecule has 0 spiro atoms. The molecule has 2 heterocycles. The van der Waals surface area contributed by atoms with Gasteiger partial charge in [-0.15, -0.1) is 0 Å². The SMILES string of the molecule is CNc1nc(N)c(C(=O)NC(C)C(=O)N2CCOCC2)s1. The number of nitrogens with zero attached hydrogens (tertiary/aromatic N) is 2. The van der Waals surface area contributed by atoms with Crippen molar-refractivity contribution < 1.29 is 14.3 Å². The van der Waals surface area contributed by atoms with Crippen LogP contribution in [0.15, 0.2) is 0 Å². The molecule has 1 aliphatic rings. The van der Waals surface area contributed by atoms with Gasteiger partial charge in [-0.25, -0.2) is 4.98 Å². The number of nitrogens with two attached hydrogens (primary N) is 1. The van der Waals surface area contributed by atoms with Crippen LogP contribution in [0, 0.1) is 0 Å². The zero-order chi connectivity index (χ0) is 15.4. The summed E-state index contributed by atoms with van der Waals surface area (Å²) in [6, 6.07) is -0.616. The second kappa shape index (κ2) is 6.72. The summed E-state index contributed by atoms with van der Waals surface area (Å²) in [5, 5.41) is 6.05. The molecule has 1 aromatic heterocycles. The number of morpholine rings is 1. The van der Waals surface area contributed by atoms with E-state index in [1.807, 2.05) is 0 Å². The molecule has 0 aliphatic carbocycles. The normalized spacial score (nSPS) is 16.4. The Morgan fingerprint density at radius 2 is 2.10 bits per heavy atom. The first-order chi connectivity index (χ1) is 10.0. The number of hydrogen-bond acceptors (Lipinski definition) is 7. The Hall–Kier alpha value is -1.87. The van der Waals surface area contributed by atoms with E-state index in [1.54, 1.807) is 18.9 Å². The molecule has 116 valence electrons. The number of carbonyl (C=O) groups excluding carboxylic acids is 2. The van der Waals surface area contributed by atoms with Crippen LogP contribution in [0.5, 0.6) is 0 Å². The first kappa shape index (κ1) is 15.5. The maximum Gasteiger partial charge on any atom is 0.265 e. The standard InChI is InChI=1S/C12H19N5O3S/c1-7(11(19)17-3-5-20-6-4-17)15-10(18)8-9(13)16-12(14-2)21-8/h7H,3-6,13H2,1-2H3,(H,14,16)(H,15,18). The van der Waals surface area contributed by atoms with E-state index in [2.05, 4.69) is 15.6 Å². The zero-order valence-electron chi connectivity index (χ0n) is 12.0. The largest absolute Gasteiger partial charge is 0.382 e. The van der Waals surface area contributed by atoms with Gasteiger partial charge in [-0.1, -0.05) is 11.3 Å². The summed E-state index contributed by atoms with van der Waals surface area (Å²) in [6.45, 7) is 3.81. The van der Waals surface area contributed by atoms with Gasteiger partial charge in [0.1, 0.15) is 16.7 Å². The van der Waals surface area contributed by atoms with Gasteiger partial charge in [0.2, 0.25) is 5.91 Å². The highest BCUT2D eigenvalue weighted by molar-refractivity contribution is 7.18. The molecule has 1 saturated heterocycles. The molecule has 0 bridgehead atoms. The molecule has 21 heavy (non-hydrogen) atoms. The van der Waals surface area contributed by atoms with Crippen molar-refractivity contribution in [2.24, 2.45) is 0 Å². The third-order valence-corrected chi connectivity index (χ3v) is 4.20. The fourth-order valence-corrected chi connectivity index (χ4v) is 2.72. The van der Waals surface area contributed by atoms with Gasteiger partial charge in [0.05, 0.1) is 13.2 Å². The van der Waals surface area contributed by atoms with Gasteiger partial charge in [0, 0.05) is 20.1 Å². The lowest BCUT2D eigenvalue weighted by atomic mass is 10.2. The molecule has 9 heteroatoms. The summed E-state index contributed by atoms with van der Waals surface area (Å²) in [7, 11) is 1.70. The summed E-state index contributed by atoms with van der Waals surface area (Å²) >= 11 is 1.15.